The quantitative estimate of drug-likeness (QED) is 0.273. The van der Waals surface area contributed by atoms with E-state index >= 15 is 0 Å². The molecule has 1 aliphatic rings. The van der Waals surface area contributed by atoms with Gasteiger partial charge in [-0.25, -0.2) is 0 Å². The van der Waals surface area contributed by atoms with Crippen molar-refractivity contribution in [3.63, 3.8) is 0 Å². The zero-order valence-corrected chi connectivity index (χ0v) is 25.6. The number of rotatable bonds is 17. The fourth-order valence-electron chi connectivity index (χ4n) is 5.42. The van der Waals surface area contributed by atoms with Gasteiger partial charge >= 0.3 is 0 Å². The number of ether oxygens (including phenoxy) is 1. The molecule has 1 heterocycles. The zero-order valence-electron chi connectivity index (χ0n) is 25.6. The molecule has 42 heavy (non-hydrogen) atoms. The minimum atomic E-state index is -1.08. The Morgan fingerprint density at radius 3 is 1.90 bits per heavy atom. The summed E-state index contributed by atoms with van der Waals surface area (Å²) in [6.07, 6.45) is 1.60. The van der Waals surface area contributed by atoms with Crippen molar-refractivity contribution in [3.05, 3.63) is 71.8 Å². The summed E-state index contributed by atoms with van der Waals surface area (Å²) < 4.78 is 5.53. The van der Waals surface area contributed by atoms with Crippen LogP contribution in [0.25, 0.3) is 0 Å². The maximum absolute atomic E-state index is 14.5. The molecule has 3 rings (SSSR count). The summed E-state index contributed by atoms with van der Waals surface area (Å²) in [5, 5.41) is 2.95. The molecule has 0 spiro atoms. The molecule has 3 amide bonds. The topological polar surface area (TPSA) is 122 Å². The maximum Gasteiger partial charge on any atom is 0.246 e. The van der Waals surface area contributed by atoms with E-state index < -0.39 is 36.0 Å². The lowest BCUT2D eigenvalue weighted by atomic mass is 9.91. The summed E-state index contributed by atoms with van der Waals surface area (Å²) in [4.78, 5) is 55.8. The van der Waals surface area contributed by atoms with Crippen molar-refractivity contribution in [2.45, 2.75) is 103 Å². The van der Waals surface area contributed by atoms with Gasteiger partial charge in [0, 0.05) is 12.8 Å². The van der Waals surface area contributed by atoms with E-state index in [0.29, 0.717) is 19.3 Å². The number of aryl methyl sites for hydroxylation is 1. The monoisotopic (exact) mass is 577 g/mol. The van der Waals surface area contributed by atoms with Crippen LogP contribution in [0.15, 0.2) is 60.7 Å². The summed E-state index contributed by atoms with van der Waals surface area (Å²) in [7, 11) is 0. The molecule has 2 aromatic carbocycles. The minimum Gasteiger partial charge on any atom is -0.368 e. The predicted octanol–water partition coefficient (Wildman–Crippen LogP) is 4.24. The summed E-state index contributed by atoms with van der Waals surface area (Å²) in [6.45, 7) is 9.69. The van der Waals surface area contributed by atoms with E-state index in [0.717, 1.165) is 17.5 Å². The largest absolute Gasteiger partial charge is 0.368 e. The van der Waals surface area contributed by atoms with Gasteiger partial charge in [0.2, 0.25) is 17.7 Å². The SMILES string of the molecule is CC(C)C[C@H](NC(=O)CCCc1ccccc1)C(=O)N([C@@H](Cc1ccccc1)C(N)=O)[C@@H](CC(C)C)C(=O)C1O[C@@H]1C. The van der Waals surface area contributed by atoms with Gasteiger partial charge < -0.3 is 20.7 Å². The number of carbonyl (C=O) groups is 4. The van der Waals surface area contributed by atoms with Gasteiger partial charge in [-0.3, -0.25) is 19.2 Å². The Morgan fingerprint density at radius 2 is 1.40 bits per heavy atom. The lowest BCUT2D eigenvalue weighted by Gasteiger charge is -2.39. The first-order valence-corrected chi connectivity index (χ1v) is 15.2. The van der Waals surface area contributed by atoms with Crippen LogP contribution in [-0.2, 0) is 36.8 Å². The van der Waals surface area contributed by atoms with Gasteiger partial charge in [0.1, 0.15) is 18.2 Å². The van der Waals surface area contributed by atoms with Crippen LogP contribution in [0.3, 0.4) is 0 Å². The normalized spacial score (nSPS) is 18.3. The number of benzene rings is 2. The Kier molecular flexibility index (Phi) is 12.3. The molecule has 3 N–H and O–H groups in total. The van der Waals surface area contributed by atoms with Crippen molar-refractivity contribution in [1.29, 1.82) is 0 Å². The second-order valence-corrected chi connectivity index (χ2v) is 12.3. The van der Waals surface area contributed by atoms with E-state index in [-0.39, 0.29) is 42.5 Å². The average molecular weight is 578 g/mol. The van der Waals surface area contributed by atoms with Gasteiger partial charge in [0.15, 0.2) is 5.78 Å². The molecule has 0 aliphatic carbocycles. The van der Waals surface area contributed by atoms with E-state index in [9.17, 15) is 19.2 Å². The standard InChI is InChI=1S/C34H47N3O5/c1-22(2)19-27(36-30(38)18-12-17-25-13-8-6-9-14-25)34(41)37(28(20-23(3)4)31(39)32-24(5)42-32)29(33(35)40)21-26-15-10-7-11-16-26/h6-11,13-16,22-24,27-29,32H,12,17-21H2,1-5H3,(H2,35,40)(H,36,38)/t24-,27+,28+,29+,32?/m1/s1. The third-order valence-electron chi connectivity index (χ3n) is 7.59. The van der Waals surface area contributed by atoms with E-state index in [1.54, 1.807) is 0 Å². The van der Waals surface area contributed by atoms with Crippen LogP contribution >= 0.6 is 0 Å². The van der Waals surface area contributed by atoms with Crippen molar-refractivity contribution in [3.8, 4) is 0 Å². The highest BCUT2D eigenvalue weighted by atomic mass is 16.6. The first kappa shape index (κ1) is 33.0. The molecule has 1 saturated heterocycles. The first-order chi connectivity index (χ1) is 20.0. The van der Waals surface area contributed by atoms with Gasteiger partial charge in [-0.15, -0.1) is 0 Å². The molecule has 1 unspecified atom stereocenters. The number of hydrogen-bond donors (Lipinski definition) is 2. The third-order valence-corrected chi connectivity index (χ3v) is 7.59. The van der Waals surface area contributed by atoms with Crippen molar-refractivity contribution in [1.82, 2.24) is 10.2 Å². The molecular formula is C34H47N3O5. The highest BCUT2D eigenvalue weighted by Gasteiger charge is 2.49. The lowest BCUT2D eigenvalue weighted by molar-refractivity contribution is -0.150. The molecule has 2 aromatic rings. The Balaban J connectivity index is 1.92. The molecule has 1 fully saturated rings. The second kappa shape index (κ2) is 15.6. The molecule has 5 atom stereocenters. The Hall–Kier alpha value is -3.52. The van der Waals surface area contributed by atoms with Gasteiger partial charge in [0.25, 0.3) is 0 Å². The van der Waals surface area contributed by atoms with Gasteiger partial charge in [0.05, 0.1) is 12.1 Å². The fraction of sp³-hybridized carbons (Fsp3) is 0.529. The number of nitrogens with zero attached hydrogens (tertiary/aromatic N) is 1. The van der Waals surface area contributed by atoms with Gasteiger partial charge in [-0.1, -0.05) is 88.4 Å². The number of ketones is 1. The highest BCUT2D eigenvalue weighted by Crippen LogP contribution is 2.29. The summed E-state index contributed by atoms with van der Waals surface area (Å²) in [5.41, 5.74) is 7.93. The van der Waals surface area contributed by atoms with Crippen LogP contribution in [0.5, 0.6) is 0 Å². The fourth-order valence-corrected chi connectivity index (χ4v) is 5.42. The maximum atomic E-state index is 14.5. The smallest absolute Gasteiger partial charge is 0.246 e. The molecule has 0 saturated carbocycles. The van der Waals surface area contributed by atoms with Crippen LogP contribution in [0, 0.1) is 11.8 Å². The van der Waals surface area contributed by atoms with Crippen LogP contribution in [0.4, 0.5) is 0 Å². The second-order valence-electron chi connectivity index (χ2n) is 12.3. The average Bonchev–Trinajstić information content (AvgIpc) is 3.68. The molecule has 0 bridgehead atoms. The van der Waals surface area contributed by atoms with Crippen molar-refractivity contribution in [2.24, 2.45) is 17.6 Å². The summed E-state index contributed by atoms with van der Waals surface area (Å²) in [5.74, 6) is -1.53. The number of epoxide rings is 1. The van der Waals surface area contributed by atoms with Crippen LogP contribution < -0.4 is 11.1 Å². The van der Waals surface area contributed by atoms with Gasteiger partial charge in [-0.05, 0) is 55.6 Å². The van der Waals surface area contributed by atoms with Crippen LogP contribution in [0.1, 0.15) is 71.4 Å². The number of carbonyl (C=O) groups excluding carboxylic acids is 4. The van der Waals surface area contributed by atoms with E-state index in [2.05, 4.69) is 5.32 Å². The molecule has 8 nitrogen and oxygen atoms in total. The lowest BCUT2D eigenvalue weighted by Crippen LogP contribution is -2.62. The van der Waals surface area contributed by atoms with Crippen molar-refractivity contribution < 1.29 is 23.9 Å². The molecule has 1 aliphatic heterocycles. The highest BCUT2D eigenvalue weighted by molar-refractivity contribution is 5.98. The molecule has 0 radical (unpaired) electrons. The number of primary amides is 1. The Morgan fingerprint density at radius 1 is 0.857 bits per heavy atom. The third kappa shape index (κ3) is 9.79. The van der Waals surface area contributed by atoms with E-state index in [1.165, 1.54) is 4.90 Å². The van der Waals surface area contributed by atoms with Crippen molar-refractivity contribution in [2.75, 3.05) is 0 Å². The molecule has 228 valence electrons. The Labute approximate surface area is 250 Å². The van der Waals surface area contributed by atoms with Gasteiger partial charge in [-0.2, -0.15) is 0 Å². The van der Waals surface area contributed by atoms with Crippen molar-refractivity contribution >= 4 is 23.5 Å². The molecule has 0 aromatic heterocycles. The summed E-state index contributed by atoms with van der Waals surface area (Å²) in [6, 6.07) is 16.3. The van der Waals surface area contributed by atoms with Crippen LogP contribution in [0.2, 0.25) is 0 Å². The zero-order chi connectivity index (χ0) is 30.8. The molecule has 8 heteroatoms. The number of amides is 3. The Bertz CT molecular complexity index is 1180. The number of nitrogens with one attached hydrogen (secondary N) is 1. The van der Waals surface area contributed by atoms with E-state index in [4.69, 9.17) is 10.5 Å². The number of nitrogens with two attached hydrogens (primary N) is 1. The predicted molar refractivity (Wildman–Crippen MR) is 163 cm³/mol. The van der Waals surface area contributed by atoms with E-state index in [1.807, 2.05) is 95.3 Å². The molecular weight excluding hydrogens is 530 g/mol. The first-order valence-electron chi connectivity index (χ1n) is 15.2. The number of hydrogen-bond acceptors (Lipinski definition) is 5. The number of Topliss-reactive ketones (excluding diaryl/α,β-unsaturated/α-hetero) is 1. The van der Waals surface area contributed by atoms with Crippen LogP contribution in [-0.4, -0.2) is 58.7 Å². The summed E-state index contributed by atoms with van der Waals surface area (Å²) >= 11 is 0. The minimum absolute atomic E-state index is 0.0460.